The van der Waals surface area contributed by atoms with Crippen molar-refractivity contribution < 1.29 is 16.8 Å². The lowest BCUT2D eigenvalue weighted by Crippen LogP contribution is -2.26. The second-order valence-corrected chi connectivity index (χ2v) is 9.10. The predicted octanol–water partition coefficient (Wildman–Crippen LogP) is 2.07. The van der Waals surface area contributed by atoms with Gasteiger partial charge in [0.15, 0.2) is 9.84 Å². The molecule has 0 bridgehead atoms. The highest BCUT2D eigenvalue weighted by Crippen LogP contribution is 2.24. The summed E-state index contributed by atoms with van der Waals surface area (Å²) in [6.45, 7) is 4.23. The van der Waals surface area contributed by atoms with Gasteiger partial charge in [-0.3, -0.25) is 0 Å². The first-order valence-electron chi connectivity index (χ1n) is 6.03. The third-order valence-electron chi connectivity index (χ3n) is 2.63. The molecule has 0 heterocycles. The van der Waals surface area contributed by atoms with Crippen LogP contribution in [0.1, 0.15) is 20.3 Å². The van der Waals surface area contributed by atoms with Gasteiger partial charge in [-0.2, -0.15) is 0 Å². The Morgan fingerprint density at radius 3 is 2.30 bits per heavy atom. The molecule has 5 nitrogen and oxygen atoms in total. The zero-order chi connectivity index (χ0) is 15.6. The molecule has 0 aliphatic carbocycles. The maximum absolute atomic E-state index is 12.1. The smallest absolute Gasteiger partial charge is 0.224 e. The summed E-state index contributed by atoms with van der Waals surface area (Å²) in [7, 11) is -7.30. The highest BCUT2D eigenvalue weighted by atomic mass is 35.5. The van der Waals surface area contributed by atoms with E-state index in [1.54, 1.807) is 0 Å². The van der Waals surface area contributed by atoms with Crippen molar-refractivity contribution >= 4 is 31.5 Å². The molecule has 0 spiro atoms. The molecule has 8 heteroatoms. The largest absolute Gasteiger partial charge is 0.242 e. The molecule has 1 rings (SSSR count). The van der Waals surface area contributed by atoms with Crippen LogP contribution in [0.5, 0.6) is 0 Å². The molecule has 0 aromatic heterocycles. The third-order valence-corrected chi connectivity index (χ3v) is 5.69. The quantitative estimate of drug-likeness (QED) is 0.860. The number of hydrogen-bond acceptors (Lipinski definition) is 4. The predicted molar refractivity (Wildman–Crippen MR) is 79.2 cm³/mol. The van der Waals surface area contributed by atoms with Crippen LogP contribution in [0.15, 0.2) is 28.0 Å². The Hall–Kier alpha value is -0.630. The highest BCUT2D eigenvalue weighted by molar-refractivity contribution is 7.91. The molecule has 0 aliphatic rings. The molecule has 0 fully saturated rings. The summed E-state index contributed by atoms with van der Waals surface area (Å²) in [5, 5.41) is -0.00514. The van der Waals surface area contributed by atoms with E-state index < -0.39 is 19.9 Å². The lowest BCUT2D eigenvalue weighted by Gasteiger charge is -2.10. The van der Waals surface area contributed by atoms with Gasteiger partial charge in [0.1, 0.15) is 4.90 Å². The van der Waals surface area contributed by atoms with Crippen LogP contribution >= 0.6 is 11.6 Å². The van der Waals surface area contributed by atoms with Gasteiger partial charge in [0.25, 0.3) is 0 Å². The summed E-state index contributed by atoms with van der Waals surface area (Å²) < 4.78 is 49.6. The van der Waals surface area contributed by atoms with E-state index in [0.717, 1.165) is 12.3 Å². The van der Waals surface area contributed by atoms with E-state index in [-0.39, 0.29) is 21.4 Å². The normalized spacial score (nSPS) is 12.8. The number of sulfone groups is 1. The summed E-state index contributed by atoms with van der Waals surface area (Å²) in [5.41, 5.74) is 0. The van der Waals surface area contributed by atoms with Crippen LogP contribution < -0.4 is 4.72 Å². The molecular weight excluding hydrogens is 322 g/mol. The second-order valence-electron chi connectivity index (χ2n) is 4.94. The van der Waals surface area contributed by atoms with Crippen molar-refractivity contribution in [3.05, 3.63) is 23.2 Å². The Bertz CT molecular complexity index is 681. The first kappa shape index (κ1) is 17.4. The lowest BCUT2D eigenvalue weighted by molar-refractivity contribution is 0.551. The van der Waals surface area contributed by atoms with Gasteiger partial charge in [0.2, 0.25) is 10.0 Å². The van der Waals surface area contributed by atoms with Crippen LogP contribution in [0.2, 0.25) is 5.02 Å². The van der Waals surface area contributed by atoms with Gasteiger partial charge >= 0.3 is 0 Å². The zero-order valence-corrected chi connectivity index (χ0v) is 13.9. The van der Waals surface area contributed by atoms with Gasteiger partial charge in [-0.05, 0) is 30.5 Å². The molecule has 0 atom stereocenters. The van der Waals surface area contributed by atoms with Crippen molar-refractivity contribution in [2.45, 2.75) is 30.1 Å². The number of halogens is 1. The maximum Gasteiger partial charge on any atom is 0.242 e. The molecule has 0 saturated heterocycles. The minimum atomic E-state index is -3.82. The lowest BCUT2D eigenvalue weighted by atomic mass is 10.1. The first-order valence-corrected chi connectivity index (χ1v) is 9.78. The summed E-state index contributed by atoms with van der Waals surface area (Å²) in [4.78, 5) is -0.294. The monoisotopic (exact) mass is 339 g/mol. The Labute approximate surface area is 125 Å². The van der Waals surface area contributed by atoms with Gasteiger partial charge in [-0.25, -0.2) is 21.6 Å². The molecular formula is C12H18ClNO4S2. The number of sulfonamides is 1. The van der Waals surface area contributed by atoms with Gasteiger partial charge in [-0.15, -0.1) is 0 Å². The molecule has 0 aliphatic heterocycles. The van der Waals surface area contributed by atoms with Crippen LogP contribution in [0.25, 0.3) is 0 Å². The maximum atomic E-state index is 12.1. The molecule has 1 aromatic carbocycles. The van der Waals surface area contributed by atoms with Crippen molar-refractivity contribution in [2.24, 2.45) is 5.92 Å². The van der Waals surface area contributed by atoms with Crippen molar-refractivity contribution in [1.82, 2.24) is 4.72 Å². The first-order chi connectivity index (χ1) is 9.04. The Kier molecular flexibility index (Phi) is 5.60. The number of rotatable bonds is 6. The molecule has 20 heavy (non-hydrogen) atoms. The van der Waals surface area contributed by atoms with Crippen LogP contribution in [0.4, 0.5) is 0 Å². The topological polar surface area (TPSA) is 80.3 Å². The van der Waals surface area contributed by atoms with Gasteiger partial charge < -0.3 is 0 Å². The average Bonchev–Trinajstić information content (AvgIpc) is 2.26. The van der Waals surface area contributed by atoms with Gasteiger partial charge in [0, 0.05) is 12.8 Å². The van der Waals surface area contributed by atoms with E-state index in [9.17, 15) is 16.8 Å². The molecule has 0 unspecified atom stereocenters. The van der Waals surface area contributed by atoms with Crippen LogP contribution in [-0.4, -0.2) is 29.6 Å². The Morgan fingerprint density at radius 2 is 1.80 bits per heavy atom. The second kappa shape index (κ2) is 6.43. The molecule has 0 radical (unpaired) electrons. The van der Waals surface area contributed by atoms with Crippen molar-refractivity contribution in [3.63, 3.8) is 0 Å². The van der Waals surface area contributed by atoms with E-state index in [0.29, 0.717) is 12.3 Å². The highest BCUT2D eigenvalue weighted by Gasteiger charge is 2.20. The fraction of sp³-hybridized carbons (Fsp3) is 0.500. The van der Waals surface area contributed by atoms with Crippen LogP contribution in [-0.2, 0) is 19.9 Å². The summed E-state index contributed by atoms with van der Waals surface area (Å²) in [6, 6.07) is 3.63. The summed E-state index contributed by atoms with van der Waals surface area (Å²) >= 11 is 5.86. The third kappa shape index (κ3) is 4.73. The molecule has 1 N–H and O–H groups in total. The van der Waals surface area contributed by atoms with Gasteiger partial charge in [-0.1, -0.05) is 25.4 Å². The molecule has 0 saturated carbocycles. The van der Waals surface area contributed by atoms with E-state index in [2.05, 4.69) is 4.72 Å². The number of nitrogens with one attached hydrogen (secondary N) is 1. The van der Waals surface area contributed by atoms with Crippen molar-refractivity contribution in [3.8, 4) is 0 Å². The van der Waals surface area contributed by atoms with Gasteiger partial charge in [0.05, 0.1) is 9.92 Å². The molecule has 1 aromatic rings. The van der Waals surface area contributed by atoms with Crippen LogP contribution in [0.3, 0.4) is 0 Å². The summed E-state index contributed by atoms with van der Waals surface area (Å²) in [5.74, 6) is 0.357. The SMILES string of the molecule is CC(C)CCNS(=O)(=O)c1cc(S(C)(=O)=O)ccc1Cl. The fourth-order valence-electron chi connectivity index (χ4n) is 1.48. The Morgan fingerprint density at radius 1 is 1.20 bits per heavy atom. The molecule has 114 valence electrons. The van der Waals surface area contributed by atoms with E-state index in [4.69, 9.17) is 11.6 Å². The van der Waals surface area contributed by atoms with Crippen molar-refractivity contribution in [1.29, 1.82) is 0 Å². The number of benzene rings is 1. The summed E-state index contributed by atoms with van der Waals surface area (Å²) in [6.07, 6.45) is 1.70. The average molecular weight is 340 g/mol. The van der Waals surface area contributed by atoms with E-state index >= 15 is 0 Å². The minimum absolute atomic E-state index is 0.00514. The number of hydrogen-bond donors (Lipinski definition) is 1. The zero-order valence-electron chi connectivity index (χ0n) is 11.6. The fourth-order valence-corrected chi connectivity index (χ4v) is 3.77. The van der Waals surface area contributed by atoms with Crippen LogP contribution in [0, 0.1) is 5.92 Å². The Balaban J connectivity index is 3.12. The minimum Gasteiger partial charge on any atom is -0.224 e. The van der Waals surface area contributed by atoms with Crippen molar-refractivity contribution in [2.75, 3.05) is 12.8 Å². The van der Waals surface area contributed by atoms with E-state index in [1.807, 2.05) is 13.8 Å². The molecule has 0 amide bonds. The standard InChI is InChI=1S/C12H18ClNO4S2/c1-9(2)6-7-14-20(17,18)12-8-10(19(3,15)16)4-5-11(12)13/h4-5,8-9,14H,6-7H2,1-3H3. The van der Waals surface area contributed by atoms with E-state index in [1.165, 1.54) is 12.1 Å².